The molecule has 0 spiro atoms. The zero-order chi connectivity index (χ0) is 16.8. The van der Waals surface area contributed by atoms with E-state index in [0.717, 1.165) is 4.47 Å². The zero-order valence-corrected chi connectivity index (χ0v) is 16.0. The largest absolute Gasteiger partial charge is 0.421 e. The number of sulfone groups is 1. The Morgan fingerprint density at radius 1 is 1.00 bits per heavy atom. The number of fused-ring (bicyclic) bond motifs is 1. The number of rotatable bonds is 2. The van der Waals surface area contributed by atoms with Crippen molar-refractivity contribution in [3.05, 3.63) is 66.9 Å². The van der Waals surface area contributed by atoms with Gasteiger partial charge < -0.3 is 4.42 Å². The molecule has 0 aliphatic rings. The molecule has 0 fully saturated rings. The fourth-order valence-electron chi connectivity index (χ4n) is 2.07. The van der Waals surface area contributed by atoms with Gasteiger partial charge in [0.05, 0.1) is 9.37 Å². The van der Waals surface area contributed by atoms with E-state index in [9.17, 15) is 13.2 Å². The van der Waals surface area contributed by atoms with Crippen molar-refractivity contribution in [2.45, 2.75) is 9.79 Å². The van der Waals surface area contributed by atoms with Gasteiger partial charge in [-0.05, 0) is 58.4 Å². The molecule has 8 heteroatoms. The minimum Gasteiger partial charge on any atom is -0.421 e. The molecule has 23 heavy (non-hydrogen) atoms. The van der Waals surface area contributed by atoms with Crippen molar-refractivity contribution in [2.24, 2.45) is 0 Å². The van der Waals surface area contributed by atoms with Crippen molar-refractivity contribution in [2.75, 3.05) is 0 Å². The third-order valence-electron chi connectivity index (χ3n) is 3.13. The zero-order valence-electron chi connectivity index (χ0n) is 11.2. The van der Waals surface area contributed by atoms with E-state index in [0.29, 0.717) is 14.9 Å². The second kappa shape index (κ2) is 6.05. The van der Waals surface area contributed by atoms with Gasteiger partial charge in [0.1, 0.15) is 0 Å². The van der Waals surface area contributed by atoms with E-state index < -0.39 is 20.4 Å². The molecule has 1 heterocycles. The van der Waals surface area contributed by atoms with Crippen LogP contribution in [0.4, 0.5) is 0 Å². The average Bonchev–Trinajstić information content (AvgIpc) is 2.48. The summed E-state index contributed by atoms with van der Waals surface area (Å²) in [6, 6.07) is 10.3. The molecule has 0 aliphatic heterocycles. The first-order chi connectivity index (χ1) is 10.8. The Morgan fingerprint density at radius 2 is 1.65 bits per heavy atom. The summed E-state index contributed by atoms with van der Waals surface area (Å²) in [5.74, 6) is 0. The molecule has 3 aromatic rings. The molecule has 2 aromatic carbocycles. The molecule has 0 unspecified atom stereocenters. The number of benzene rings is 2. The first-order valence-corrected chi connectivity index (χ1v) is 9.67. The lowest BCUT2D eigenvalue weighted by atomic mass is 10.2. The van der Waals surface area contributed by atoms with Gasteiger partial charge >= 0.3 is 5.63 Å². The van der Waals surface area contributed by atoms with Crippen LogP contribution in [0.1, 0.15) is 0 Å². The molecule has 118 valence electrons. The summed E-state index contributed by atoms with van der Waals surface area (Å²) in [6.45, 7) is 0. The average molecular weight is 479 g/mol. The summed E-state index contributed by atoms with van der Waals surface area (Å²) in [6.07, 6.45) is 0. The number of hydrogen-bond donors (Lipinski definition) is 0. The van der Waals surface area contributed by atoms with Gasteiger partial charge in [0.15, 0.2) is 10.5 Å². The molecule has 0 N–H and O–H groups in total. The summed E-state index contributed by atoms with van der Waals surface area (Å²) < 4.78 is 31.8. The van der Waals surface area contributed by atoms with Gasteiger partial charge in [-0.2, -0.15) is 0 Å². The molecule has 0 saturated heterocycles. The van der Waals surface area contributed by atoms with Crippen LogP contribution >= 0.6 is 43.5 Å². The molecule has 4 nitrogen and oxygen atoms in total. The molecular weight excluding hydrogens is 471 g/mol. The molecule has 0 saturated carbocycles. The van der Waals surface area contributed by atoms with E-state index in [4.69, 9.17) is 16.0 Å². The smallest absolute Gasteiger partial charge is 0.355 e. The van der Waals surface area contributed by atoms with Crippen LogP contribution in [-0.2, 0) is 9.84 Å². The topological polar surface area (TPSA) is 64.3 Å². The molecule has 3 rings (SSSR count). The molecule has 0 aliphatic carbocycles. The normalized spacial score (nSPS) is 11.8. The van der Waals surface area contributed by atoms with Crippen molar-refractivity contribution in [1.82, 2.24) is 0 Å². The Morgan fingerprint density at radius 3 is 2.30 bits per heavy atom. The van der Waals surface area contributed by atoms with E-state index >= 15 is 0 Å². The lowest BCUT2D eigenvalue weighted by Crippen LogP contribution is -2.14. The van der Waals surface area contributed by atoms with Crippen molar-refractivity contribution in [3.63, 3.8) is 0 Å². The molecule has 0 bridgehead atoms. The van der Waals surface area contributed by atoms with Crippen LogP contribution in [0.25, 0.3) is 11.0 Å². The highest BCUT2D eigenvalue weighted by atomic mass is 79.9. The standard InChI is InChI=1S/C15H7Br2ClO4S/c16-9-5-8-6-13(15(19)22-14(8)12(17)7-9)23(20,21)11-3-1-10(18)2-4-11/h1-7H. The maximum absolute atomic E-state index is 12.7. The summed E-state index contributed by atoms with van der Waals surface area (Å²) in [7, 11) is -4.00. The predicted octanol–water partition coefficient (Wildman–Crippen LogP) is 4.80. The van der Waals surface area contributed by atoms with Crippen LogP contribution in [0.3, 0.4) is 0 Å². The van der Waals surface area contributed by atoms with Crippen LogP contribution < -0.4 is 5.63 Å². The molecule has 1 aromatic heterocycles. The highest BCUT2D eigenvalue weighted by Gasteiger charge is 2.23. The Balaban J connectivity index is 2.29. The Labute approximate surface area is 153 Å². The minimum atomic E-state index is -4.00. The summed E-state index contributed by atoms with van der Waals surface area (Å²) in [4.78, 5) is 11.7. The van der Waals surface area contributed by atoms with Gasteiger partial charge in [-0.3, -0.25) is 0 Å². The Bertz CT molecular complexity index is 1070. The van der Waals surface area contributed by atoms with Crippen LogP contribution in [0.5, 0.6) is 0 Å². The van der Waals surface area contributed by atoms with Crippen LogP contribution in [0.2, 0.25) is 5.02 Å². The van der Waals surface area contributed by atoms with E-state index in [1.54, 1.807) is 12.1 Å². The lowest BCUT2D eigenvalue weighted by molar-refractivity contribution is 0.531. The van der Waals surface area contributed by atoms with Crippen molar-refractivity contribution in [1.29, 1.82) is 0 Å². The van der Waals surface area contributed by atoms with Gasteiger partial charge in [0, 0.05) is 14.9 Å². The van der Waals surface area contributed by atoms with Crippen molar-refractivity contribution in [3.8, 4) is 0 Å². The second-order valence-electron chi connectivity index (χ2n) is 4.66. The van der Waals surface area contributed by atoms with Gasteiger partial charge in [-0.1, -0.05) is 27.5 Å². The minimum absolute atomic E-state index is 0.0254. The maximum atomic E-state index is 12.7. The van der Waals surface area contributed by atoms with Crippen LogP contribution in [-0.4, -0.2) is 8.42 Å². The SMILES string of the molecule is O=c1oc2c(Br)cc(Br)cc2cc1S(=O)(=O)c1ccc(Cl)cc1. The van der Waals surface area contributed by atoms with Crippen LogP contribution in [0, 0.1) is 0 Å². The molecule has 0 atom stereocenters. The van der Waals surface area contributed by atoms with Gasteiger partial charge in [0.25, 0.3) is 0 Å². The predicted molar refractivity (Wildman–Crippen MR) is 94.8 cm³/mol. The van der Waals surface area contributed by atoms with Gasteiger partial charge in [-0.15, -0.1) is 0 Å². The van der Waals surface area contributed by atoms with Crippen molar-refractivity contribution >= 4 is 64.3 Å². The Hall–Kier alpha value is -1.15. The van der Waals surface area contributed by atoms with E-state index in [1.165, 1.54) is 30.3 Å². The summed E-state index contributed by atoms with van der Waals surface area (Å²) in [5, 5.41) is 0.890. The highest BCUT2D eigenvalue weighted by molar-refractivity contribution is 9.11. The third kappa shape index (κ3) is 3.10. The highest BCUT2D eigenvalue weighted by Crippen LogP contribution is 2.30. The third-order valence-corrected chi connectivity index (χ3v) is 6.19. The Kier molecular flexibility index (Phi) is 4.39. The summed E-state index contributed by atoms with van der Waals surface area (Å²) in [5.41, 5.74) is -0.635. The van der Waals surface area contributed by atoms with Gasteiger partial charge in [0.2, 0.25) is 9.84 Å². The fourth-order valence-corrected chi connectivity index (χ4v) is 4.82. The van der Waals surface area contributed by atoms with E-state index in [-0.39, 0.29) is 10.5 Å². The number of halogens is 3. The lowest BCUT2D eigenvalue weighted by Gasteiger charge is -2.06. The molecular formula is C15H7Br2ClO4S. The van der Waals surface area contributed by atoms with E-state index in [2.05, 4.69) is 31.9 Å². The van der Waals surface area contributed by atoms with E-state index in [1.807, 2.05) is 0 Å². The number of hydrogen-bond acceptors (Lipinski definition) is 4. The van der Waals surface area contributed by atoms with Crippen LogP contribution in [0.15, 0.2) is 70.4 Å². The molecule has 0 radical (unpaired) electrons. The monoisotopic (exact) mass is 476 g/mol. The molecule has 0 amide bonds. The summed E-state index contributed by atoms with van der Waals surface area (Å²) >= 11 is 12.4. The van der Waals surface area contributed by atoms with Gasteiger partial charge in [-0.25, -0.2) is 13.2 Å². The van der Waals surface area contributed by atoms with Crippen molar-refractivity contribution < 1.29 is 12.8 Å². The first-order valence-electron chi connectivity index (χ1n) is 6.22. The quantitative estimate of drug-likeness (QED) is 0.496. The first kappa shape index (κ1) is 16.7. The second-order valence-corrected chi connectivity index (χ2v) is 8.79. The maximum Gasteiger partial charge on any atom is 0.355 e. The fraction of sp³-hybridized carbons (Fsp3) is 0.